The average molecular weight is 350 g/mol. The minimum absolute atomic E-state index is 0.0694. The monoisotopic (exact) mass is 350 g/mol. The summed E-state index contributed by atoms with van der Waals surface area (Å²) >= 11 is 0. The van der Waals surface area contributed by atoms with Crippen molar-refractivity contribution in [3.05, 3.63) is 23.8 Å². The number of benzene rings is 1. The van der Waals surface area contributed by atoms with Crippen LogP contribution in [0.25, 0.3) is 0 Å². The third kappa shape index (κ3) is 8.57. The maximum absolute atomic E-state index is 11.9. The Morgan fingerprint density at radius 3 is 2.16 bits per heavy atom. The summed E-state index contributed by atoms with van der Waals surface area (Å²) in [6, 6.07) is 4.08. The lowest BCUT2D eigenvalue weighted by Crippen LogP contribution is -2.12. The molecular weight excluding hydrogens is 320 g/mol. The number of hydrogen-bond acceptors (Lipinski definition) is 5. The lowest BCUT2D eigenvalue weighted by Gasteiger charge is -2.06. The Bertz CT molecular complexity index is 539. The topological polar surface area (TPSA) is 72.8 Å². The van der Waals surface area contributed by atoms with Gasteiger partial charge in [-0.25, -0.2) is 4.79 Å². The molecular formula is C20H30O5. The molecule has 0 heterocycles. The second-order valence-electron chi connectivity index (χ2n) is 6.23. The van der Waals surface area contributed by atoms with E-state index in [1.807, 2.05) is 0 Å². The molecule has 0 aromatic heterocycles. The van der Waals surface area contributed by atoms with Crippen LogP contribution >= 0.6 is 0 Å². The lowest BCUT2D eigenvalue weighted by atomic mass is 10.1. The highest BCUT2D eigenvalue weighted by Crippen LogP contribution is 2.26. The molecule has 0 bridgehead atoms. The molecule has 0 amide bonds. The van der Waals surface area contributed by atoms with Crippen LogP contribution in [0.15, 0.2) is 18.2 Å². The number of methoxy groups -OCH3 is 1. The van der Waals surface area contributed by atoms with E-state index in [1.165, 1.54) is 63.8 Å². The van der Waals surface area contributed by atoms with Crippen molar-refractivity contribution in [1.82, 2.24) is 0 Å². The minimum Gasteiger partial charge on any atom is -0.504 e. The Balaban J connectivity index is 2.18. The zero-order valence-electron chi connectivity index (χ0n) is 15.4. The van der Waals surface area contributed by atoms with Gasteiger partial charge >= 0.3 is 11.9 Å². The van der Waals surface area contributed by atoms with E-state index < -0.39 is 11.9 Å². The number of unbranched alkanes of at least 4 members (excludes halogenated alkanes) is 8. The third-order valence-electron chi connectivity index (χ3n) is 4.11. The fourth-order valence-electron chi connectivity index (χ4n) is 2.60. The summed E-state index contributed by atoms with van der Waals surface area (Å²) in [5.41, 5.74) is 0.176. The van der Waals surface area contributed by atoms with Crippen molar-refractivity contribution in [3.8, 4) is 11.5 Å². The molecule has 0 saturated carbocycles. The fraction of sp³-hybridized carbons (Fsp3) is 0.600. The van der Waals surface area contributed by atoms with Gasteiger partial charge in [0, 0.05) is 6.42 Å². The van der Waals surface area contributed by atoms with E-state index in [9.17, 15) is 14.7 Å². The maximum Gasteiger partial charge on any atom is 0.345 e. The van der Waals surface area contributed by atoms with Crippen molar-refractivity contribution in [2.75, 3.05) is 7.11 Å². The van der Waals surface area contributed by atoms with Crippen LogP contribution in [-0.2, 0) is 9.53 Å². The highest BCUT2D eigenvalue weighted by Gasteiger charge is 2.15. The van der Waals surface area contributed by atoms with Crippen molar-refractivity contribution >= 4 is 11.9 Å². The van der Waals surface area contributed by atoms with E-state index in [0.717, 1.165) is 19.3 Å². The van der Waals surface area contributed by atoms with Gasteiger partial charge in [-0.15, -0.1) is 0 Å². The Morgan fingerprint density at radius 1 is 0.960 bits per heavy atom. The van der Waals surface area contributed by atoms with Gasteiger partial charge in [0.15, 0.2) is 11.5 Å². The Labute approximate surface area is 150 Å². The summed E-state index contributed by atoms with van der Waals surface area (Å²) in [4.78, 5) is 23.6. The Morgan fingerprint density at radius 2 is 1.56 bits per heavy atom. The molecule has 25 heavy (non-hydrogen) atoms. The molecule has 1 rings (SSSR count). The van der Waals surface area contributed by atoms with Gasteiger partial charge in [0.1, 0.15) is 0 Å². The molecule has 140 valence electrons. The molecule has 5 nitrogen and oxygen atoms in total. The number of ether oxygens (including phenoxy) is 2. The SMILES string of the molecule is CCCCCCCCCCCC(=O)OC(=O)c1ccc(O)c(OC)c1. The van der Waals surface area contributed by atoms with E-state index in [2.05, 4.69) is 6.92 Å². The van der Waals surface area contributed by atoms with E-state index in [-0.39, 0.29) is 23.5 Å². The summed E-state index contributed by atoms with van der Waals surface area (Å²) in [5, 5.41) is 9.50. The highest BCUT2D eigenvalue weighted by atomic mass is 16.6. The largest absolute Gasteiger partial charge is 0.504 e. The first kappa shape index (κ1) is 21.0. The van der Waals surface area contributed by atoms with Gasteiger partial charge in [-0.1, -0.05) is 58.3 Å². The van der Waals surface area contributed by atoms with E-state index in [4.69, 9.17) is 9.47 Å². The quantitative estimate of drug-likeness (QED) is 0.326. The Kier molecular flexibility index (Phi) is 10.4. The molecule has 0 atom stereocenters. The van der Waals surface area contributed by atoms with Crippen molar-refractivity contribution in [2.24, 2.45) is 0 Å². The van der Waals surface area contributed by atoms with Crippen molar-refractivity contribution in [1.29, 1.82) is 0 Å². The van der Waals surface area contributed by atoms with Crippen LogP contribution in [0.1, 0.15) is 81.5 Å². The second-order valence-corrected chi connectivity index (χ2v) is 6.23. The molecule has 1 N–H and O–H groups in total. The summed E-state index contributed by atoms with van der Waals surface area (Å²) < 4.78 is 9.76. The number of phenolic OH excluding ortho intramolecular Hbond substituents is 1. The minimum atomic E-state index is -0.723. The molecule has 5 heteroatoms. The van der Waals surface area contributed by atoms with Gasteiger partial charge in [0.25, 0.3) is 0 Å². The smallest absolute Gasteiger partial charge is 0.345 e. The molecule has 0 aliphatic heterocycles. The van der Waals surface area contributed by atoms with Gasteiger partial charge in [0.2, 0.25) is 0 Å². The third-order valence-corrected chi connectivity index (χ3v) is 4.11. The predicted molar refractivity (Wildman–Crippen MR) is 96.9 cm³/mol. The number of carbonyl (C=O) groups is 2. The predicted octanol–water partition coefficient (Wildman–Crippen LogP) is 5.01. The van der Waals surface area contributed by atoms with E-state index >= 15 is 0 Å². The van der Waals surface area contributed by atoms with Gasteiger partial charge in [0.05, 0.1) is 12.7 Å². The van der Waals surface area contributed by atoms with Gasteiger partial charge in [-0.2, -0.15) is 0 Å². The first-order chi connectivity index (χ1) is 12.1. The lowest BCUT2D eigenvalue weighted by molar-refractivity contribution is -0.138. The molecule has 0 unspecified atom stereocenters. The molecule has 1 aromatic rings. The Hall–Kier alpha value is -2.04. The summed E-state index contributed by atoms with van der Waals surface area (Å²) in [7, 11) is 1.39. The number of phenols is 1. The average Bonchev–Trinajstić information content (AvgIpc) is 2.60. The standard InChI is InChI=1S/C20H30O5/c1-3-4-5-6-7-8-9-10-11-12-19(22)25-20(23)16-13-14-17(21)18(15-16)24-2/h13-15,21H,3-12H2,1-2H3. The molecule has 0 aliphatic rings. The van der Waals surface area contributed by atoms with Crippen molar-refractivity contribution in [2.45, 2.75) is 71.1 Å². The zero-order valence-corrected chi connectivity index (χ0v) is 15.4. The summed E-state index contributed by atoms with van der Waals surface area (Å²) in [6.45, 7) is 2.21. The molecule has 0 aliphatic carbocycles. The molecule has 0 fully saturated rings. The number of carbonyl (C=O) groups excluding carboxylic acids is 2. The van der Waals surface area contributed by atoms with E-state index in [1.54, 1.807) is 0 Å². The van der Waals surface area contributed by atoms with Crippen LogP contribution in [0, 0.1) is 0 Å². The number of hydrogen-bond donors (Lipinski definition) is 1. The number of aromatic hydroxyl groups is 1. The van der Waals surface area contributed by atoms with E-state index in [0.29, 0.717) is 0 Å². The van der Waals surface area contributed by atoms with Gasteiger partial charge in [-0.3, -0.25) is 4.79 Å². The van der Waals surface area contributed by atoms with Gasteiger partial charge < -0.3 is 14.6 Å². The normalized spacial score (nSPS) is 10.5. The fourth-order valence-corrected chi connectivity index (χ4v) is 2.60. The number of rotatable bonds is 12. The number of esters is 2. The van der Waals surface area contributed by atoms with Gasteiger partial charge in [-0.05, 0) is 24.6 Å². The van der Waals surface area contributed by atoms with Crippen molar-refractivity contribution < 1.29 is 24.2 Å². The van der Waals surface area contributed by atoms with Crippen LogP contribution in [-0.4, -0.2) is 24.2 Å². The summed E-state index contributed by atoms with van der Waals surface area (Å²) in [5.74, 6) is -1.14. The van der Waals surface area contributed by atoms with Crippen molar-refractivity contribution in [3.63, 3.8) is 0 Å². The first-order valence-electron chi connectivity index (χ1n) is 9.20. The molecule has 0 radical (unpaired) electrons. The first-order valence-corrected chi connectivity index (χ1v) is 9.20. The molecule has 1 aromatic carbocycles. The molecule has 0 saturated heterocycles. The maximum atomic E-state index is 11.9. The van der Waals surface area contributed by atoms with Crippen LogP contribution in [0.5, 0.6) is 11.5 Å². The van der Waals surface area contributed by atoms with Crippen LogP contribution in [0.4, 0.5) is 0 Å². The zero-order chi connectivity index (χ0) is 18.5. The highest BCUT2D eigenvalue weighted by molar-refractivity contribution is 5.97. The van der Waals surface area contributed by atoms with Crippen LogP contribution in [0.2, 0.25) is 0 Å². The van der Waals surface area contributed by atoms with Crippen LogP contribution in [0.3, 0.4) is 0 Å². The molecule has 0 spiro atoms. The van der Waals surface area contributed by atoms with Crippen LogP contribution < -0.4 is 4.74 Å². The second kappa shape index (κ2) is 12.3. The summed E-state index contributed by atoms with van der Waals surface area (Å²) in [6.07, 6.45) is 10.7.